The maximum atomic E-state index is 13.1. The van der Waals surface area contributed by atoms with E-state index in [-0.39, 0.29) is 11.4 Å². The molecule has 0 saturated carbocycles. The minimum absolute atomic E-state index is 0.0394. The molecule has 78 valence electrons. The first kappa shape index (κ1) is 11.1. The first-order valence-corrected chi connectivity index (χ1v) is 5.71. The van der Waals surface area contributed by atoms with Crippen molar-refractivity contribution in [2.75, 3.05) is 6.54 Å². The van der Waals surface area contributed by atoms with E-state index in [2.05, 4.69) is 4.72 Å². The molecule has 0 unspecified atom stereocenters. The van der Waals surface area contributed by atoms with Crippen LogP contribution < -0.4 is 4.72 Å². The summed E-state index contributed by atoms with van der Waals surface area (Å²) in [6, 6.07) is 3.85. The van der Waals surface area contributed by atoms with Crippen LogP contribution in [-0.2, 0) is 10.0 Å². The lowest BCUT2D eigenvalue weighted by molar-refractivity contribution is 0.578. The van der Waals surface area contributed by atoms with Gasteiger partial charge in [-0.25, -0.2) is 17.5 Å². The van der Waals surface area contributed by atoms with E-state index in [1.54, 1.807) is 13.8 Å². The molecule has 5 heteroatoms. The van der Waals surface area contributed by atoms with Crippen molar-refractivity contribution in [1.29, 1.82) is 0 Å². The number of aryl methyl sites for hydroxylation is 1. The van der Waals surface area contributed by atoms with Crippen molar-refractivity contribution < 1.29 is 12.8 Å². The standard InChI is InChI=1S/C9H12FNO2S/c1-3-11-14(12,13)8-5-4-7(2)9(10)6-8/h4-6,11H,3H2,1-2H3. The molecule has 1 rings (SSSR count). The number of hydrogen-bond acceptors (Lipinski definition) is 2. The lowest BCUT2D eigenvalue weighted by atomic mass is 10.2. The van der Waals surface area contributed by atoms with Gasteiger partial charge in [0.2, 0.25) is 10.0 Å². The summed E-state index contributed by atoms with van der Waals surface area (Å²) < 4.78 is 38.2. The summed E-state index contributed by atoms with van der Waals surface area (Å²) in [6.07, 6.45) is 0. The maximum absolute atomic E-state index is 13.1. The monoisotopic (exact) mass is 217 g/mol. The van der Waals surface area contributed by atoms with Crippen molar-refractivity contribution >= 4 is 10.0 Å². The zero-order chi connectivity index (χ0) is 10.8. The summed E-state index contributed by atoms with van der Waals surface area (Å²) in [5.74, 6) is -0.510. The van der Waals surface area contributed by atoms with Crippen molar-refractivity contribution in [3.05, 3.63) is 29.6 Å². The van der Waals surface area contributed by atoms with E-state index in [0.717, 1.165) is 6.07 Å². The largest absolute Gasteiger partial charge is 0.240 e. The summed E-state index contributed by atoms with van der Waals surface area (Å²) in [4.78, 5) is -0.0394. The number of halogens is 1. The fraction of sp³-hybridized carbons (Fsp3) is 0.333. The molecule has 1 N–H and O–H groups in total. The predicted molar refractivity (Wildman–Crippen MR) is 52.0 cm³/mol. The number of hydrogen-bond donors (Lipinski definition) is 1. The molecule has 0 saturated heterocycles. The van der Waals surface area contributed by atoms with Crippen LogP contribution >= 0.6 is 0 Å². The van der Waals surface area contributed by atoms with Crippen LogP contribution in [0.15, 0.2) is 23.1 Å². The Labute approximate surface area is 83.0 Å². The Hall–Kier alpha value is -0.940. The van der Waals surface area contributed by atoms with Crippen LogP contribution in [0.3, 0.4) is 0 Å². The van der Waals surface area contributed by atoms with Crippen LogP contribution in [0, 0.1) is 12.7 Å². The Balaban J connectivity index is 3.15. The molecule has 0 aromatic heterocycles. The third kappa shape index (κ3) is 2.30. The molecule has 0 spiro atoms. The van der Waals surface area contributed by atoms with Gasteiger partial charge in [0.05, 0.1) is 4.90 Å². The molecule has 0 atom stereocenters. The van der Waals surface area contributed by atoms with Crippen LogP contribution in [0.2, 0.25) is 0 Å². The molecule has 0 aliphatic heterocycles. The van der Waals surface area contributed by atoms with Gasteiger partial charge in [-0.05, 0) is 24.6 Å². The van der Waals surface area contributed by atoms with Gasteiger partial charge in [-0.15, -0.1) is 0 Å². The van der Waals surface area contributed by atoms with Gasteiger partial charge < -0.3 is 0 Å². The van der Waals surface area contributed by atoms with E-state index in [0.29, 0.717) is 5.56 Å². The van der Waals surface area contributed by atoms with E-state index in [1.165, 1.54) is 12.1 Å². The van der Waals surface area contributed by atoms with Gasteiger partial charge in [-0.2, -0.15) is 0 Å². The lowest BCUT2D eigenvalue weighted by Gasteiger charge is -2.05. The summed E-state index contributed by atoms with van der Waals surface area (Å²) in [5.41, 5.74) is 0.431. The molecule has 0 aliphatic carbocycles. The fourth-order valence-corrected chi connectivity index (χ4v) is 2.07. The Morgan fingerprint density at radius 1 is 1.43 bits per heavy atom. The first-order chi connectivity index (χ1) is 6.47. The minimum Gasteiger partial charge on any atom is -0.211 e. The van der Waals surface area contributed by atoms with Gasteiger partial charge in [-0.3, -0.25) is 0 Å². The summed E-state index contributed by atoms with van der Waals surface area (Å²) >= 11 is 0. The third-order valence-corrected chi connectivity index (χ3v) is 3.33. The van der Waals surface area contributed by atoms with Gasteiger partial charge in [0.1, 0.15) is 5.82 Å². The number of sulfonamides is 1. The highest BCUT2D eigenvalue weighted by Gasteiger charge is 2.13. The molecule has 14 heavy (non-hydrogen) atoms. The van der Waals surface area contributed by atoms with E-state index in [9.17, 15) is 12.8 Å². The SMILES string of the molecule is CCNS(=O)(=O)c1ccc(C)c(F)c1. The molecule has 3 nitrogen and oxygen atoms in total. The van der Waals surface area contributed by atoms with Gasteiger partial charge in [0.25, 0.3) is 0 Å². The minimum atomic E-state index is -3.54. The van der Waals surface area contributed by atoms with Crippen molar-refractivity contribution in [2.45, 2.75) is 18.7 Å². The normalized spacial score (nSPS) is 11.6. The number of benzene rings is 1. The van der Waals surface area contributed by atoms with Gasteiger partial charge in [0, 0.05) is 6.54 Å². The van der Waals surface area contributed by atoms with E-state index < -0.39 is 15.8 Å². The molecule has 0 bridgehead atoms. The topological polar surface area (TPSA) is 46.2 Å². The van der Waals surface area contributed by atoms with Crippen LogP contribution in [0.1, 0.15) is 12.5 Å². The highest BCUT2D eigenvalue weighted by molar-refractivity contribution is 7.89. The second kappa shape index (κ2) is 4.06. The number of nitrogens with one attached hydrogen (secondary N) is 1. The highest BCUT2D eigenvalue weighted by Crippen LogP contribution is 2.13. The second-order valence-electron chi connectivity index (χ2n) is 2.91. The van der Waals surface area contributed by atoms with Crippen LogP contribution in [0.4, 0.5) is 4.39 Å². The Kier molecular flexibility index (Phi) is 3.23. The Bertz CT molecular complexity index is 428. The smallest absolute Gasteiger partial charge is 0.211 e. The average molecular weight is 217 g/mol. The van der Waals surface area contributed by atoms with Crippen molar-refractivity contribution in [3.8, 4) is 0 Å². The summed E-state index contributed by atoms with van der Waals surface area (Å²) in [6.45, 7) is 3.54. The fourth-order valence-electron chi connectivity index (χ4n) is 1.01. The molecule has 0 fully saturated rings. The quantitative estimate of drug-likeness (QED) is 0.832. The molecule has 0 aliphatic rings. The molecule has 1 aromatic rings. The average Bonchev–Trinajstić information content (AvgIpc) is 2.09. The molecule has 1 aromatic carbocycles. The summed E-state index contributed by atoms with van der Waals surface area (Å²) in [5, 5.41) is 0. The zero-order valence-electron chi connectivity index (χ0n) is 8.04. The third-order valence-electron chi connectivity index (χ3n) is 1.79. The van der Waals surface area contributed by atoms with Gasteiger partial charge in [0.15, 0.2) is 0 Å². The lowest BCUT2D eigenvalue weighted by Crippen LogP contribution is -2.23. The Morgan fingerprint density at radius 2 is 2.07 bits per heavy atom. The summed E-state index contributed by atoms with van der Waals surface area (Å²) in [7, 11) is -3.54. The Morgan fingerprint density at radius 3 is 2.57 bits per heavy atom. The van der Waals surface area contributed by atoms with E-state index in [4.69, 9.17) is 0 Å². The zero-order valence-corrected chi connectivity index (χ0v) is 8.86. The predicted octanol–water partition coefficient (Wildman–Crippen LogP) is 1.43. The van der Waals surface area contributed by atoms with E-state index in [1.807, 2.05) is 0 Å². The van der Waals surface area contributed by atoms with Crippen molar-refractivity contribution in [1.82, 2.24) is 4.72 Å². The first-order valence-electron chi connectivity index (χ1n) is 4.23. The van der Waals surface area contributed by atoms with Gasteiger partial charge >= 0.3 is 0 Å². The highest BCUT2D eigenvalue weighted by atomic mass is 32.2. The maximum Gasteiger partial charge on any atom is 0.240 e. The van der Waals surface area contributed by atoms with Crippen LogP contribution in [-0.4, -0.2) is 15.0 Å². The molecule has 0 radical (unpaired) electrons. The van der Waals surface area contributed by atoms with Crippen LogP contribution in [0.25, 0.3) is 0 Å². The molecule has 0 amide bonds. The molecular formula is C9H12FNO2S. The van der Waals surface area contributed by atoms with Gasteiger partial charge in [-0.1, -0.05) is 13.0 Å². The van der Waals surface area contributed by atoms with Crippen LogP contribution in [0.5, 0.6) is 0 Å². The molecule has 0 heterocycles. The van der Waals surface area contributed by atoms with E-state index >= 15 is 0 Å². The van der Waals surface area contributed by atoms with Crippen molar-refractivity contribution in [2.24, 2.45) is 0 Å². The number of rotatable bonds is 3. The van der Waals surface area contributed by atoms with Crippen molar-refractivity contribution in [3.63, 3.8) is 0 Å². The molecular weight excluding hydrogens is 205 g/mol. The second-order valence-corrected chi connectivity index (χ2v) is 4.68.